The van der Waals surface area contributed by atoms with E-state index in [1.165, 1.54) is 0 Å². The molecule has 216 valence electrons. The Morgan fingerprint density at radius 3 is 2.69 bits per heavy atom. The molecule has 4 rings (SSSR count). The summed E-state index contributed by atoms with van der Waals surface area (Å²) < 4.78 is 16.7. The fourth-order valence-corrected chi connectivity index (χ4v) is 5.37. The predicted molar refractivity (Wildman–Crippen MR) is 149 cm³/mol. The summed E-state index contributed by atoms with van der Waals surface area (Å²) >= 11 is 0. The molecular weight excluding hydrogens is 500 g/mol. The van der Waals surface area contributed by atoms with Crippen LogP contribution in [0.3, 0.4) is 0 Å². The Labute approximate surface area is 231 Å². The number of rotatable bonds is 12. The number of carbonyl (C=O) groups is 3. The van der Waals surface area contributed by atoms with Crippen molar-refractivity contribution in [3.8, 4) is 5.75 Å². The molecule has 10 nitrogen and oxygen atoms in total. The first-order valence-corrected chi connectivity index (χ1v) is 14.2. The maximum Gasteiger partial charge on any atom is 0.270 e. The number of hydrogen-bond acceptors (Lipinski definition) is 7. The second kappa shape index (κ2) is 12.7. The van der Waals surface area contributed by atoms with Gasteiger partial charge in [0.1, 0.15) is 5.75 Å². The molecule has 0 radical (unpaired) electrons. The lowest BCUT2D eigenvalue weighted by atomic mass is 9.88. The third-order valence-corrected chi connectivity index (χ3v) is 7.55. The molecule has 1 aliphatic carbocycles. The SMILES string of the molecule is CCOC[C@@H](C)NC(=O)C1CNC[C@H](C(=O)N(c2ccc3c(c2)N(CCCOC)C(=O)C(C)(C)O3)C2CC2)C1. The average molecular weight is 545 g/mol. The lowest BCUT2D eigenvalue weighted by molar-refractivity contribution is -0.132. The van der Waals surface area contributed by atoms with Crippen LogP contribution in [0, 0.1) is 11.8 Å². The number of methoxy groups -OCH3 is 1. The fourth-order valence-electron chi connectivity index (χ4n) is 5.37. The van der Waals surface area contributed by atoms with Crippen LogP contribution in [0.5, 0.6) is 5.75 Å². The fraction of sp³-hybridized carbons (Fsp3) is 0.690. The average Bonchev–Trinajstić information content (AvgIpc) is 3.75. The summed E-state index contributed by atoms with van der Waals surface area (Å²) in [4.78, 5) is 43.8. The minimum absolute atomic E-state index is 0.0131. The Hall–Kier alpha value is -2.69. The van der Waals surface area contributed by atoms with Gasteiger partial charge in [-0.3, -0.25) is 14.4 Å². The van der Waals surface area contributed by atoms with E-state index < -0.39 is 5.60 Å². The first-order chi connectivity index (χ1) is 18.7. The van der Waals surface area contributed by atoms with Gasteiger partial charge in [-0.1, -0.05) is 0 Å². The molecule has 2 aliphatic heterocycles. The van der Waals surface area contributed by atoms with Crippen molar-refractivity contribution in [3.05, 3.63) is 18.2 Å². The van der Waals surface area contributed by atoms with Crippen LogP contribution in [0.4, 0.5) is 11.4 Å². The molecular formula is C29H44N4O6. The van der Waals surface area contributed by atoms with Gasteiger partial charge in [-0.15, -0.1) is 0 Å². The van der Waals surface area contributed by atoms with Gasteiger partial charge >= 0.3 is 0 Å². The second-order valence-electron chi connectivity index (χ2n) is 11.4. The topological polar surface area (TPSA) is 109 Å². The number of hydrogen-bond donors (Lipinski definition) is 2. The van der Waals surface area contributed by atoms with E-state index in [0.29, 0.717) is 63.7 Å². The highest BCUT2D eigenvalue weighted by atomic mass is 16.5. The van der Waals surface area contributed by atoms with E-state index in [9.17, 15) is 14.4 Å². The Bertz CT molecular complexity index is 1040. The predicted octanol–water partition coefficient (Wildman–Crippen LogP) is 2.49. The lowest BCUT2D eigenvalue weighted by Crippen LogP contribution is -2.53. The summed E-state index contributed by atoms with van der Waals surface area (Å²) in [6, 6.07) is 5.70. The number of fused-ring (bicyclic) bond motifs is 1. The van der Waals surface area contributed by atoms with E-state index in [1.54, 1.807) is 25.9 Å². The third kappa shape index (κ3) is 6.91. The Balaban J connectivity index is 1.52. The first-order valence-electron chi connectivity index (χ1n) is 14.2. The zero-order chi connectivity index (χ0) is 28.2. The molecule has 39 heavy (non-hydrogen) atoms. The lowest BCUT2D eigenvalue weighted by Gasteiger charge is -2.39. The monoisotopic (exact) mass is 544 g/mol. The highest BCUT2D eigenvalue weighted by molar-refractivity contribution is 6.04. The van der Waals surface area contributed by atoms with Crippen LogP contribution >= 0.6 is 0 Å². The number of anilines is 2. The molecule has 1 unspecified atom stereocenters. The van der Waals surface area contributed by atoms with Gasteiger partial charge in [0.15, 0.2) is 5.60 Å². The molecule has 10 heteroatoms. The number of nitrogens with one attached hydrogen (secondary N) is 2. The molecule has 0 bridgehead atoms. The molecule has 1 saturated heterocycles. The zero-order valence-electron chi connectivity index (χ0n) is 24.0. The number of piperidine rings is 1. The molecule has 1 saturated carbocycles. The normalized spacial score (nSPS) is 23.0. The summed E-state index contributed by atoms with van der Waals surface area (Å²) in [5, 5.41) is 6.33. The van der Waals surface area contributed by atoms with E-state index >= 15 is 0 Å². The van der Waals surface area contributed by atoms with Crippen molar-refractivity contribution in [2.75, 3.05) is 56.4 Å². The summed E-state index contributed by atoms with van der Waals surface area (Å²) in [6.45, 7) is 10.6. The van der Waals surface area contributed by atoms with E-state index in [4.69, 9.17) is 14.2 Å². The molecule has 2 heterocycles. The van der Waals surface area contributed by atoms with Gasteiger partial charge < -0.3 is 34.6 Å². The van der Waals surface area contributed by atoms with Gasteiger partial charge in [-0.2, -0.15) is 0 Å². The van der Waals surface area contributed by atoms with Gasteiger partial charge in [0, 0.05) is 57.7 Å². The van der Waals surface area contributed by atoms with Crippen LogP contribution < -0.4 is 25.2 Å². The highest BCUT2D eigenvalue weighted by Gasteiger charge is 2.43. The zero-order valence-corrected chi connectivity index (χ0v) is 24.0. The molecule has 2 fully saturated rings. The van der Waals surface area contributed by atoms with Crippen LogP contribution in [-0.2, 0) is 23.9 Å². The van der Waals surface area contributed by atoms with E-state index in [2.05, 4.69) is 10.6 Å². The van der Waals surface area contributed by atoms with Crippen LogP contribution in [0.2, 0.25) is 0 Å². The van der Waals surface area contributed by atoms with Crippen LogP contribution in [-0.4, -0.2) is 82.0 Å². The number of benzene rings is 1. The molecule has 2 N–H and O–H groups in total. The molecule has 3 atom stereocenters. The minimum atomic E-state index is -0.975. The molecule has 3 amide bonds. The van der Waals surface area contributed by atoms with Crippen molar-refractivity contribution in [2.24, 2.45) is 11.8 Å². The first kappa shape index (κ1) is 29.3. The quantitative estimate of drug-likeness (QED) is 0.389. The largest absolute Gasteiger partial charge is 0.476 e. The summed E-state index contributed by atoms with van der Waals surface area (Å²) in [6.07, 6.45) is 3.05. The number of amides is 3. The number of carbonyl (C=O) groups excluding carboxylic acids is 3. The van der Waals surface area contributed by atoms with E-state index in [0.717, 1.165) is 18.5 Å². The summed E-state index contributed by atoms with van der Waals surface area (Å²) in [5.74, 6) is -0.130. The summed E-state index contributed by atoms with van der Waals surface area (Å²) in [5.41, 5.74) is 0.455. The van der Waals surface area contributed by atoms with Crippen molar-refractivity contribution < 1.29 is 28.6 Å². The van der Waals surface area contributed by atoms with Crippen molar-refractivity contribution in [1.82, 2.24) is 10.6 Å². The van der Waals surface area contributed by atoms with Gasteiger partial charge in [-0.25, -0.2) is 0 Å². The Morgan fingerprint density at radius 1 is 1.26 bits per heavy atom. The highest BCUT2D eigenvalue weighted by Crippen LogP contribution is 2.43. The van der Waals surface area contributed by atoms with Crippen LogP contribution in [0.1, 0.15) is 53.4 Å². The van der Waals surface area contributed by atoms with Crippen molar-refractivity contribution in [3.63, 3.8) is 0 Å². The maximum atomic E-state index is 13.9. The Kier molecular flexibility index (Phi) is 9.51. The van der Waals surface area contributed by atoms with Crippen LogP contribution in [0.15, 0.2) is 18.2 Å². The van der Waals surface area contributed by atoms with E-state index in [1.807, 2.05) is 36.9 Å². The molecule has 1 aromatic carbocycles. The minimum Gasteiger partial charge on any atom is -0.476 e. The molecule has 0 aromatic heterocycles. The van der Waals surface area contributed by atoms with Crippen molar-refractivity contribution in [1.29, 1.82) is 0 Å². The standard InChI is InChI=1S/C29H44N4O6/c1-6-38-18-19(2)31-26(34)20-14-21(17-30-16-20)27(35)33(22-8-9-22)23-10-11-25-24(15-23)32(12-7-13-37-5)28(36)29(3,4)39-25/h10-11,15,19-22,30H,6-9,12-14,16-18H2,1-5H3,(H,31,34)/t19-,20?,21-/m1/s1. The molecule has 1 aromatic rings. The van der Waals surface area contributed by atoms with Gasteiger partial charge in [0.05, 0.1) is 24.1 Å². The summed E-state index contributed by atoms with van der Waals surface area (Å²) in [7, 11) is 1.64. The molecule has 0 spiro atoms. The molecule has 3 aliphatic rings. The van der Waals surface area contributed by atoms with Crippen molar-refractivity contribution in [2.45, 2.75) is 71.1 Å². The number of nitrogens with zero attached hydrogens (tertiary/aromatic N) is 2. The van der Waals surface area contributed by atoms with Gasteiger partial charge in [0.2, 0.25) is 11.8 Å². The number of ether oxygens (including phenoxy) is 3. The second-order valence-corrected chi connectivity index (χ2v) is 11.4. The van der Waals surface area contributed by atoms with Gasteiger partial charge in [0.25, 0.3) is 5.91 Å². The maximum absolute atomic E-state index is 13.9. The van der Waals surface area contributed by atoms with Crippen molar-refractivity contribution >= 4 is 29.1 Å². The third-order valence-electron chi connectivity index (χ3n) is 7.55. The smallest absolute Gasteiger partial charge is 0.270 e. The van der Waals surface area contributed by atoms with Crippen LogP contribution in [0.25, 0.3) is 0 Å². The van der Waals surface area contributed by atoms with E-state index in [-0.39, 0.29) is 41.6 Å². The Morgan fingerprint density at radius 2 is 2.00 bits per heavy atom. The van der Waals surface area contributed by atoms with Gasteiger partial charge in [-0.05, 0) is 71.6 Å².